The number of hydrogen-bond donors (Lipinski definition) is 1. The highest BCUT2D eigenvalue weighted by atomic mass is 32.2. The van der Waals surface area contributed by atoms with E-state index in [0.717, 1.165) is 23.8 Å². The van der Waals surface area contributed by atoms with Crippen LogP contribution in [0.25, 0.3) is 0 Å². The summed E-state index contributed by atoms with van der Waals surface area (Å²) in [5.74, 6) is 2.32. The predicted molar refractivity (Wildman–Crippen MR) is 71.6 cm³/mol. The van der Waals surface area contributed by atoms with Crippen LogP contribution < -0.4 is 5.32 Å². The van der Waals surface area contributed by atoms with E-state index in [9.17, 15) is 0 Å². The van der Waals surface area contributed by atoms with Crippen molar-refractivity contribution in [2.75, 3.05) is 12.3 Å². The maximum atomic E-state index is 3.64. The van der Waals surface area contributed by atoms with Gasteiger partial charge in [0.15, 0.2) is 0 Å². The van der Waals surface area contributed by atoms with Crippen molar-refractivity contribution in [1.82, 2.24) is 5.32 Å². The van der Waals surface area contributed by atoms with E-state index >= 15 is 0 Å². The number of nitrogens with one attached hydrogen (secondary N) is 1. The maximum absolute atomic E-state index is 3.64. The zero-order valence-corrected chi connectivity index (χ0v) is 11.4. The van der Waals surface area contributed by atoms with Crippen molar-refractivity contribution in [3.05, 3.63) is 0 Å². The molecule has 0 radical (unpaired) electrons. The van der Waals surface area contributed by atoms with E-state index in [1.54, 1.807) is 0 Å². The number of rotatable bonds is 7. The second-order valence-corrected chi connectivity index (χ2v) is 6.28. The van der Waals surface area contributed by atoms with Crippen molar-refractivity contribution in [2.45, 2.75) is 64.2 Å². The molecule has 3 atom stereocenters. The van der Waals surface area contributed by atoms with E-state index in [0.29, 0.717) is 0 Å². The standard InChI is InChI=1S/C13H27NS/c1-4-11(3)15-10-9-12-7-6-8-13(12)14-5-2/h11-14H,4-10H2,1-3H3. The third-order valence-corrected chi connectivity index (χ3v) is 4.97. The Labute approximate surface area is 99.8 Å². The van der Waals surface area contributed by atoms with Gasteiger partial charge in [-0.3, -0.25) is 0 Å². The van der Waals surface area contributed by atoms with Gasteiger partial charge in [0.2, 0.25) is 0 Å². The van der Waals surface area contributed by atoms with E-state index in [1.807, 2.05) is 0 Å². The third kappa shape index (κ3) is 4.78. The summed E-state index contributed by atoms with van der Waals surface area (Å²) in [7, 11) is 0. The smallest absolute Gasteiger partial charge is 0.00955 e. The Morgan fingerprint density at radius 1 is 1.33 bits per heavy atom. The maximum Gasteiger partial charge on any atom is 0.00955 e. The molecule has 15 heavy (non-hydrogen) atoms. The van der Waals surface area contributed by atoms with Crippen LogP contribution in [-0.4, -0.2) is 23.6 Å². The lowest BCUT2D eigenvalue weighted by Gasteiger charge is -2.20. The first-order valence-electron chi connectivity index (χ1n) is 6.62. The molecule has 1 N–H and O–H groups in total. The molecule has 1 rings (SSSR count). The van der Waals surface area contributed by atoms with Gasteiger partial charge < -0.3 is 5.32 Å². The summed E-state index contributed by atoms with van der Waals surface area (Å²) in [5.41, 5.74) is 0. The van der Waals surface area contributed by atoms with Crippen LogP contribution >= 0.6 is 11.8 Å². The first kappa shape index (κ1) is 13.4. The molecular weight excluding hydrogens is 202 g/mol. The van der Waals surface area contributed by atoms with Crippen LogP contribution in [0.1, 0.15) is 52.9 Å². The second-order valence-electron chi connectivity index (χ2n) is 4.73. The van der Waals surface area contributed by atoms with E-state index < -0.39 is 0 Å². The molecule has 0 heterocycles. The predicted octanol–water partition coefficient (Wildman–Crippen LogP) is 3.69. The van der Waals surface area contributed by atoms with E-state index in [2.05, 4.69) is 37.8 Å². The lowest BCUT2D eigenvalue weighted by Crippen LogP contribution is -2.32. The minimum absolute atomic E-state index is 0.826. The van der Waals surface area contributed by atoms with Crippen LogP contribution in [0.3, 0.4) is 0 Å². The SMILES string of the molecule is CCNC1CCCC1CCSC(C)CC. The molecule has 1 saturated carbocycles. The Hall–Kier alpha value is 0.310. The Morgan fingerprint density at radius 3 is 2.80 bits per heavy atom. The molecule has 90 valence electrons. The lowest BCUT2D eigenvalue weighted by atomic mass is 10.0. The van der Waals surface area contributed by atoms with E-state index in [1.165, 1.54) is 37.9 Å². The fourth-order valence-electron chi connectivity index (χ4n) is 2.45. The molecule has 0 bridgehead atoms. The van der Waals surface area contributed by atoms with Gasteiger partial charge in [-0.15, -0.1) is 0 Å². The van der Waals surface area contributed by atoms with Crippen LogP contribution in [-0.2, 0) is 0 Å². The van der Waals surface area contributed by atoms with Crippen LogP contribution in [0.15, 0.2) is 0 Å². The zero-order valence-electron chi connectivity index (χ0n) is 10.6. The Balaban J connectivity index is 2.14. The van der Waals surface area contributed by atoms with Crippen molar-refractivity contribution in [3.63, 3.8) is 0 Å². The van der Waals surface area contributed by atoms with Crippen LogP contribution in [0.5, 0.6) is 0 Å². The highest BCUT2D eigenvalue weighted by molar-refractivity contribution is 7.99. The minimum atomic E-state index is 0.826. The van der Waals surface area contributed by atoms with Crippen LogP contribution in [0.2, 0.25) is 0 Å². The third-order valence-electron chi connectivity index (χ3n) is 3.59. The molecule has 3 unspecified atom stereocenters. The summed E-state index contributed by atoms with van der Waals surface area (Å²) in [6.45, 7) is 8.00. The van der Waals surface area contributed by atoms with Gasteiger partial charge >= 0.3 is 0 Å². The van der Waals surface area contributed by atoms with Crippen molar-refractivity contribution in [1.29, 1.82) is 0 Å². The van der Waals surface area contributed by atoms with Crippen LogP contribution in [0.4, 0.5) is 0 Å². The fourth-order valence-corrected chi connectivity index (χ4v) is 3.53. The molecule has 2 heteroatoms. The monoisotopic (exact) mass is 229 g/mol. The largest absolute Gasteiger partial charge is 0.314 e. The molecule has 1 aliphatic rings. The molecule has 0 aromatic carbocycles. The van der Waals surface area contributed by atoms with Crippen molar-refractivity contribution < 1.29 is 0 Å². The first-order chi connectivity index (χ1) is 7.27. The normalized spacial score (nSPS) is 28.2. The Kier molecular flexibility index (Phi) is 6.74. The average Bonchev–Trinajstić information content (AvgIpc) is 2.66. The summed E-state index contributed by atoms with van der Waals surface area (Å²) in [4.78, 5) is 0. The Morgan fingerprint density at radius 2 is 2.13 bits per heavy atom. The topological polar surface area (TPSA) is 12.0 Å². The van der Waals surface area contributed by atoms with Crippen molar-refractivity contribution >= 4 is 11.8 Å². The molecule has 0 aliphatic heterocycles. The molecule has 0 amide bonds. The highest BCUT2D eigenvalue weighted by Crippen LogP contribution is 2.30. The summed E-state index contributed by atoms with van der Waals surface area (Å²) >= 11 is 2.16. The van der Waals surface area contributed by atoms with Gasteiger partial charge in [-0.25, -0.2) is 0 Å². The molecule has 0 spiro atoms. The molecule has 1 fully saturated rings. The summed E-state index contributed by atoms with van der Waals surface area (Å²) < 4.78 is 0. The summed E-state index contributed by atoms with van der Waals surface area (Å²) in [6.07, 6.45) is 7.04. The number of thioether (sulfide) groups is 1. The molecule has 0 aromatic heterocycles. The molecular formula is C13H27NS. The van der Waals surface area contributed by atoms with E-state index in [4.69, 9.17) is 0 Å². The average molecular weight is 229 g/mol. The van der Waals surface area contributed by atoms with Gasteiger partial charge in [-0.1, -0.05) is 27.2 Å². The second kappa shape index (κ2) is 7.56. The van der Waals surface area contributed by atoms with Gasteiger partial charge in [-0.05, 0) is 43.9 Å². The van der Waals surface area contributed by atoms with Gasteiger partial charge in [0.1, 0.15) is 0 Å². The summed E-state index contributed by atoms with van der Waals surface area (Å²) in [6, 6.07) is 0.826. The quantitative estimate of drug-likeness (QED) is 0.714. The molecule has 1 nitrogen and oxygen atoms in total. The van der Waals surface area contributed by atoms with Crippen LogP contribution in [0, 0.1) is 5.92 Å². The first-order valence-corrected chi connectivity index (χ1v) is 7.67. The molecule has 0 saturated heterocycles. The minimum Gasteiger partial charge on any atom is -0.314 e. The van der Waals surface area contributed by atoms with Gasteiger partial charge in [-0.2, -0.15) is 11.8 Å². The number of hydrogen-bond acceptors (Lipinski definition) is 2. The zero-order chi connectivity index (χ0) is 11.1. The Bertz CT molecular complexity index is 161. The van der Waals surface area contributed by atoms with Gasteiger partial charge in [0, 0.05) is 11.3 Å². The molecule has 1 aliphatic carbocycles. The fraction of sp³-hybridized carbons (Fsp3) is 1.00. The van der Waals surface area contributed by atoms with Crippen molar-refractivity contribution in [3.8, 4) is 0 Å². The van der Waals surface area contributed by atoms with Gasteiger partial charge in [0.05, 0.1) is 0 Å². The van der Waals surface area contributed by atoms with E-state index in [-0.39, 0.29) is 0 Å². The lowest BCUT2D eigenvalue weighted by molar-refractivity contribution is 0.400. The van der Waals surface area contributed by atoms with Crippen molar-refractivity contribution in [2.24, 2.45) is 5.92 Å². The summed E-state index contributed by atoms with van der Waals surface area (Å²) in [5, 5.41) is 4.49. The molecule has 0 aromatic rings. The van der Waals surface area contributed by atoms with Gasteiger partial charge in [0.25, 0.3) is 0 Å². The highest BCUT2D eigenvalue weighted by Gasteiger charge is 2.25.